The summed E-state index contributed by atoms with van der Waals surface area (Å²) in [5, 5.41) is 5.71. The number of nitrogens with one attached hydrogen (secondary N) is 2. The summed E-state index contributed by atoms with van der Waals surface area (Å²) in [6.45, 7) is 11.7. The molecule has 118 valence electrons. The molecule has 1 aliphatic heterocycles. The lowest BCUT2D eigenvalue weighted by atomic mass is 10.1. The van der Waals surface area contributed by atoms with Crippen LogP contribution >= 0.6 is 0 Å². The Morgan fingerprint density at radius 1 is 1.10 bits per heavy atom. The smallest absolute Gasteiger partial charge is 0.149 e. The summed E-state index contributed by atoms with van der Waals surface area (Å²) in [6, 6.07) is 0. The Labute approximate surface area is 128 Å². The number of hydrogen-bond acceptors (Lipinski definition) is 5. The predicted octanol–water partition coefficient (Wildman–Crippen LogP) is 3.54. The normalized spacial score (nSPS) is 16.2. The minimum Gasteiger partial charge on any atom is -0.370 e. The number of nitrogens with zero attached hydrogens (tertiary/aromatic N) is 3. The molecule has 1 aliphatic rings. The van der Waals surface area contributed by atoms with E-state index < -0.39 is 0 Å². The highest BCUT2D eigenvalue weighted by molar-refractivity contribution is 5.57. The summed E-state index contributed by atoms with van der Waals surface area (Å²) in [7, 11) is 0. The second kappa shape index (κ2) is 7.59. The Morgan fingerprint density at radius 2 is 1.76 bits per heavy atom. The quantitative estimate of drug-likeness (QED) is 0.839. The van der Waals surface area contributed by atoms with Gasteiger partial charge in [-0.1, -0.05) is 27.2 Å². The zero-order valence-electron chi connectivity index (χ0n) is 13.9. The van der Waals surface area contributed by atoms with Crippen LogP contribution in [0.3, 0.4) is 0 Å². The van der Waals surface area contributed by atoms with Gasteiger partial charge < -0.3 is 10.7 Å². The first kappa shape index (κ1) is 16.0. The van der Waals surface area contributed by atoms with E-state index in [1.165, 1.54) is 19.3 Å². The highest BCUT2D eigenvalue weighted by Gasteiger charge is 2.16. The molecule has 0 radical (unpaired) electrons. The van der Waals surface area contributed by atoms with E-state index in [1.54, 1.807) is 0 Å². The van der Waals surface area contributed by atoms with Crippen molar-refractivity contribution in [3.8, 4) is 0 Å². The Balaban J connectivity index is 2.22. The fourth-order valence-electron chi connectivity index (χ4n) is 2.47. The first-order valence-electron chi connectivity index (χ1n) is 8.25. The molecule has 0 saturated carbocycles. The van der Waals surface area contributed by atoms with Gasteiger partial charge in [-0.25, -0.2) is 15.0 Å². The van der Waals surface area contributed by atoms with Crippen molar-refractivity contribution < 1.29 is 0 Å². The number of hydrogen-bond donors (Lipinski definition) is 2. The van der Waals surface area contributed by atoms with Gasteiger partial charge in [-0.3, -0.25) is 0 Å². The highest BCUT2D eigenvalue weighted by Crippen LogP contribution is 2.24. The van der Waals surface area contributed by atoms with Crippen LogP contribution in [0.25, 0.3) is 0 Å². The zero-order valence-corrected chi connectivity index (χ0v) is 13.9. The van der Waals surface area contributed by atoms with E-state index in [-0.39, 0.29) is 0 Å². The molecule has 2 rings (SSSR count). The molecule has 0 spiro atoms. The lowest BCUT2D eigenvalue weighted by Gasteiger charge is -2.28. The number of piperidine rings is 1. The maximum absolute atomic E-state index is 4.73. The van der Waals surface area contributed by atoms with E-state index in [4.69, 9.17) is 4.98 Å². The summed E-state index contributed by atoms with van der Waals surface area (Å²) >= 11 is 0. The number of rotatable bonds is 6. The molecule has 5 heteroatoms. The number of anilines is 2. The maximum atomic E-state index is 4.73. The van der Waals surface area contributed by atoms with E-state index in [0.717, 1.165) is 49.1 Å². The van der Waals surface area contributed by atoms with E-state index in [9.17, 15) is 0 Å². The second-order valence-corrected chi connectivity index (χ2v) is 6.15. The topological polar surface area (TPSA) is 53.1 Å². The third kappa shape index (κ3) is 4.30. The van der Waals surface area contributed by atoms with Gasteiger partial charge in [0.1, 0.15) is 17.5 Å². The molecule has 0 atom stereocenters. The van der Waals surface area contributed by atoms with Gasteiger partial charge >= 0.3 is 0 Å². The Bertz CT molecular complexity index is 452. The SMILES string of the molecule is CCCNc1nc(C(C)C)nc(NN2CCCCC2)c1C. The third-order valence-corrected chi connectivity index (χ3v) is 3.84. The summed E-state index contributed by atoms with van der Waals surface area (Å²) in [6.07, 6.45) is 4.95. The number of aromatic nitrogens is 2. The van der Waals surface area contributed by atoms with Gasteiger partial charge in [0.2, 0.25) is 0 Å². The van der Waals surface area contributed by atoms with Crippen molar-refractivity contribution in [3.63, 3.8) is 0 Å². The molecule has 21 heavy (non-hydrogen) atoms. The van der Waals surface area contributed by atoms with Gasteiger partial charge in [0.25, 0.3) is 0 Å². The number of hydrazine groups is 1. The van der Waals surface area contributed by atoms with Gasteiger partial charge in [0.05, 0.1) is 0 Å². The molecule has 2 N–H and O–H groups in total. The molecule has 1 aromatic rings. The van der Waals surface area contributed by atoms with Crippen molar-refractivity contribution in [2.24, 2.45) is 0 Å². The lowest BCUT2D eigenvalue weighted by molar-refractivity contribution is 0.272. The first-order chi connectivity index (χ1) is 10.1. The van der Waals surface area contributed by atoms with Gasteiger partial charge in [-0.2, -0.15) is 0 Å². The average molecular weight is 291 g/mol. The Hall–Kier alpha value is -1.36. The first-order valence-corrected chi connectivity index (χ1v) is 8.25. The monoisotopic (exact) mass is 291 g/mol. The standard InChI is InChI=1S/C16H29N5/c1-5-9-17-15-13(4)16(19-14(18-15)12(2)3)20-21-10-7-6-8-11-21/h12H,5-11H2,1-4H3,(H2,17,18,19,20). The van der Waals surface area contributed by atoms with E-state index in [0.29, 0.717) is 5.92 Å². The van der Waals surface area contributed by atoms with Crippen LogP contribution in [0.2, 0.25) is 0 Å². The van der Waals surface area contributed by atoms with E-state index in [2.05, 4.69) is 48.4 Å². The van der Waals surface area contributed by atoms with Crippen molar-refractivity contribution in [1.29, 1.82) is 0 Å². The van der Waals surface area contributed by atoms with Crippen LogP contribution in [0.15, 0.2) is 0 Å². The van der Waals surface area contributed by atoms with Gasteiger partial charge in [0.15, 0.2) is 0 Å². The van der Waals surface area contributed by atoms with E-state index >= 15 is 0 Å². The molecule has 5 nitrogen and oxygen atoms in total. The molecule has 0 amide bonds. The van der Waals surface area contributed by atoms with Crippen LogP contribution < -0.4 is 10.7 Å². The molecule has 1 aromatic heterocycles. The van der Waals surface area contributed by atoms with Crippen molar-refractivity contribution in [2.75, 3.05) is 30.4 Å². The maximum Gasteiger partial charge on any atom is 0.149 e. The molecule has 0 unspecified atom stereocenters. The third-order valence-electron chi connectivity index (χ3n) is 3.84. The summed E-state index contributed by atoms with van der Waals surface area (Å²) < 4.78 is 0. The van der Waals surface area contributed by atoms with Gasteiger partial charge in [-0.15, -0.1) is 0 Å². The highest BCUT2D eigenvalue weighted by atomic mass is 15.5. The summed E-state index contributed by atoms with van der Waals surface area (Å²) in [5.41, 5.74) is 4.61. The van der Waals surface area contributed by atoms with Crippen molar-refractivity contribution >= 4 is 11.6 Å². The van der Waals surface area contributed by atoms with Gasteiger partial charge in [-0.05, 0) is 26.2 Å². The molecule has 1 fully saturated rings. The summed E-state index contributed by atoms with van der Waals surface area (Å²) in [4.78, 5) is 9.41. The Morgan fingerprint density at radius 3 is 2.38 bits per heavy atom. The predicted molar refractivity (Wildman–Crippen MR) is 88.7 cm³/mol. The fraction of sp³-hybridized carbons (Fsp3) is 0.750. The average Bonchev–Trinajstić information content (AvgIpc) is 2.49. The fourth-order valence-corrected chi connectivity index (χ4v) is 2.47. The van der Waals surface area contributed by atoms with Crippen molar-refractivity contribution in [1.82, 2.24) is 15.0 Å². The molecule has 0 bridgehead atoms. The van der Waals surface area contributed by atoms with Crippen molar-refractivity contribution in [3.05, 3.63) is 11.4 Å². The van der Waals surface area contributed by atoms with E-state index in [1.807, 2.05) is 0 Å². The molecule has 0 aromatic carbocycles. The minimum atomic E-state index is 0.328. The van der Waals surface area contributed by atoms with Crippen LogP contribution in [0.1, 0.15) is 63.8 Å². The zero-order chi connectivity index (χ0) is 15.2. The van der Waals surface area contributed by atoms with Crippen LogP contribution in [-0.4, -0.2) is 34.6 Å². The molecular weight excluding hydrogens is 262 g/mol. The van der Waals surface area contributed by atoms with Crippen LogP contribution in [-0.2, 0) is 0 Å². The molecule has 2 heterocycles. The molecule has 0 aliphatic carbocycles. The summed E-state index contributed by atoms with van der Waals surface area (Å²) in [5.74, 6) is 3.15. The Kier molecular flexibility index (Phi) is 5.79. The van der Waals surface area contributed by atoms with Crippen LogP contribution in [0, 0.1) is 6.92 Å². The second-order valence-electron chi connectivity index (χ2n) is 6.15. The molecule has 1 saturated heterocycles. The van der Waals surface area contributed by atoms with Crippen molar-refractivity contribution in [2.45, 2.75) is 59.3 Å². The molecular formula is C16H29N5. The van der Waals surface area contributed by atoms with Gasteiger partial charge in [0, 0.05) is 31.1 Å². The van der Waals surface area contributed by atoms with Crippen LogP contribution in [0.5, 0.6) is 0 Å². The minimum absolute atomic E-state index is 0.328. The van der Waals surface area contributed by atoms with Crippen LogP contribution in [0.4, 0.5) is 11.6 Å². The lowest BCUT2D eigenvalue weighted by Crippen LogP contribution is -2.35. The largest absolute Gasteiger partial charge is 0.370 e.